The molecule has 13 nitrogen and oxygen atoms in total. The van der Waals surface area contributed by atoms with Gasteiger partial charge >= 0.3 is 12.0 Å². The van der Waals surface area contributed by atoms with Crippen molar-refractivity contribution in [3.63, 3.8) is 0 Å². The van der Waals surface area contributed by atoms with E-state index in [0.29, 0.717) is 37.4 Å². The molecule has 14 heteroatoms. The number of aryl methyl sites for hydroxylation is 1. The standard InChI is InChI=1S/C41H53N7O6S/c1-10-47-33-16-15-27-19-29(33)30(37(47)28-13-11-17-42-36(28)26(3)53-9)21-41(4,5)24-54-39(50)34-14-12-18-48(46(34)7)38(49)31(20-35-43-32(27)23-55-35)44-40(51)45(6)25(2)22-52-8/h11,13,15-17,19,23,25-26,31,34H,7,10,12,14,18,20-22,24H2,1-6,8-9H3/p+1/t25-,26-,31-,34-/m0/s1. The predicted molar refractivity (Wildman–Crippen MR) is 213 cm³/mol. The summed E-state index contributed by atoms with van der Waals surface area (Å²) in [5.41, 5.74) is 6.32. The van der Waals surface area contributed by atoms with Gasteiger partial charge in [-0.15, -0.1) is 21.0 Å². The number of aromatic nitrogens is 3. The number of pyridine rings is 1. The minimum atomic E-state index is -0.973. The Hall–Kier alpha value is -4.66. The molecule has 1 fully saturated rings. The van der Waals surface area contributed by atoms with Crippen molar-refractivity contribution in [3.8, 4) is 22.5 Å². The summed E-state index contributed by atoms with van der Waals surface area (Å²) in [4.78, 5) is 53.1. The lowest BCUT2D eigenvalue weighted by Crippen LogP contribution is -2.59. The molecule has 0 saturated carbocycles. The average Bonchev–Trinajstić information content (AvgIpc) is 3.77. The SMILES string of the molecule is C=[N+]1[C@H]2CCCN1C(=O)[C@@H](NC(=O)N(C)[C@@H](C)COC)Cc1nc(cs1)-c1ccc3c(c1)c(c(-c1cccnc1[C@H](C)OC)n3CC)CC(C)(C)COC2=O. The van der Waals surface area contributed by atoms with Gasteiger partial charge in [-0.3, -0.25) is 9.78 Å². The van der Waals surface area contributed by atoms with Crippen molar-refractivity contribution in [1.29, 1.82) is 0 Å². The summed E-state index contributed by atoms with van der Waals surface area (Å²) in [7, 11) is 4.94. The molecule has 6 rings (SSSR count). The van der Waals surface area contributed by atoms with E-state index in [1.807, 2.05) is 25.3 Å². The molecule has 4 atom stereocenters. The number of fused-ring (bicyclic) bond motifs is 6. The highest BCUT2D eigenvalue weighted by Crippen LogP contribution is 2.42. The molecule has 0 aliphatic carbocycles. The maximum absolute atomic E-state index is 14.3. The number of urea groups is 1. The van der Waals surface area contributed by atoms with Crippen LogP contribution in [0.3, 0.4) is 0 Å². The first-order chi connectivity index (χ1) is 26.3. The van der Waals surface area contributed by atoms with Gasteiger partial charge in [0, 0.05) is 79.7 Å². The summed E-state index contributed by atoms with van der Waals surface area (Å²) >= 11 is 1.44. The van der Waals surface area contributed by atoms with Crippen LogP contribution in [-0.2, 0) is 43.2 Å². The van der Waals surface area contributed by atoms with Crippen LogP contribution < -0.4 is 5.32 Å². The van der Waals surface area contributed by atoms with Crippen LogP contribution in [-0.4, -0.2) is 113 Å². The average molecular weight is 773 g/mol. The maximum atomic E-state index is 14.3. The molecule has 55 heavy (non-hydrogen) atoms. The summed E-state index contributed by atoms with van der Waals surface area (Å²) in [6.45, 7) is 15.9. The van der Waals surface area contributed by atoms with E-state index in [9.17, 15) is 14.4 Å². The fraction of sp³-hybridized carbons (Fsp3) is 0.512. The number of benzene rings is 1. The van der Waals surface area contributed by atoms with E-state index in [-0.39, 0.29) is 31.1 Å². The number of carbonyl (C=O) groups is 3. The second-order valence-electron chi connectivity index (χ2n) is 15.4. The fourth-order valence-corrected chi connectivity index (χ4v) is 8.45. The molecule has 2 aliphatic rings. The second-order valence-corrected chi connectivity index (χ2v) is 16.3. The molecule has 1 N–H and O–H groups in total. The van der Waals surface area contributed by atoms with Gasteiger partial charge in [0.05, 0.1) is 54.0 Å². The number of nitrogens with zero attached hydrogens (tertiary/aromatic N) is 6. The maximum Gasteiger partial charge on any atom is 0.378 e. The van der Waals surface area contributed by atoms with E-state index < -0.39 is 29.5 Å². The number of hydrogen-bond acceptors (Lipinski definition) is 9. The van der Waals surface area contributed by atoms with Crippen LogP contribution in [0.5, 0.6) is 0 Å². The van der Waals surface area contributed by atoms with Gasteiger partial charge < -0.3 is 29.0 Å². The largest absolute Gasteiger partial charge is 0.460 e. The summed E-state index contributed by atoms with van der Waals surface area (Å²) in [5.74, 6) is -0.814. The van der Waals surface area contributed by atoms with Gasteiger partial charge in [-0.25, -0.2) is 14.6 Å². The van der Waals surface area contributed by atoms with E-state index in [1.54, 1.807) is 27.5 Å². The van der Waals surface area contributed by atoms with Crippen molar-refractivity contribution in [2.24, 2.45) is 5.41 Å². The molecule has 5 heterocycles. The molecule has 3 aromatic heterocycles. The number of esters is 1. The molecule has 2 aliphatic heterocycles. The third kappa shape index (κ3) is 8.17. The summed E-state index contributed by atoms with van der Waals surface area (Å²) < 4.78 is 20.9. The Labute approximate surface area is 327 Å². The van der Waals surface area contributed by atoms with Gasteiger partial charge in [0.25, 0.3) is 11.9 Å². The summed E-state index contributed by atoms with van der Waals surface area (Å²) in [6.07, 6.45) is 3.37. The summed E-state index contributed by atoms with van der Waals surface area (Å²) in [5, 5.41) is 8.19. The van der Waals surface area contributed by atoms with Crippen LogP contribution in [0.1, 0.15) is 69.8 Å². The number of thiazole rings is 1. The number of cyclic esters (lactones) is 1. The molecule has 1 aromatic carbocycles. The van der Waals surface area contributed by atoms with Crippen molar-refractivity contribution < 1.29 is 33.3 Å². The van der Waals surface area contributed by atoms with Gasteiger partial charge in [-0.2, -0.15) is 0 Å². The summed E-state index contributed by atoms with van der Waals surface area (Å²) in [6, 6.07) is 8.08. The number of likely N-dealkylation sites (N-methyl/N-ethyl adjacent to an activating group) is 1. The van der Waals surface area contributed by atoms with Crippen molar-refractivity contribution >= 4 is 46.9 Å². The van der Waals surface area contributed by atoms with Crippen LogP contribution in [0.25, 0.3) is 33.4 Å². The van der Waals surface area contributed by atoms with Crippen LogP contribution in [0, 0.1) is 5.41 Å². The molecule has 0 unspecified atom stereocenters. The van der Waals surface area contributed by atoms with E-state index in [2.05, 4.69) is 61.6 Å². The molecule has 0 radical (unpaired) electrons. The fourth-order valence-electron chi connectivity index (χ4n) is 7.60. The monoisotopic (exact) mass is 772 g/mol. The number of hydrogen-bond donors (Lipinski definition) is 1. The molecule has 4 aromatic rings. The molecular weight excluding hydrogens is 719 g/mol. The van der Waals surface area contributed by atoms with Crippen LogP contribution in [0.4, 0.5) is 4.79 Å². The van der Waals surface area contributed by atoms with E-state index in [1.165, 1.54) is 25.9 Å². The van der Waals surface area contributed by atoms with E-state index in [4.69, 9.17) is 24.2 Å². The third-order valence-electron chi connectivity index (χ3n) is 10.8. The first kappa shape index (κ1) is 40.0. The Morgan fingerprint density at radius 3 is 2.75 bits per heavy atom. The number of methoxy groups -OCH3 is 2. The molecule has 3 amide bonds. The number of rotatable bonds is 8. The Balaban J connectivity index is 1.49. The number of hydrazine groups is 1. The van der Waals surface area contributed by atoms with Crippen LogP contribution >= 0.6 is 11.3 Å². The highest BCUT2D eigenvalue weighted by molar-refractivity contribution is 7.10. The quantitative estimate of drug-likeness (QED) is 0.174. The Bertz CT molecular complexity index is 2070. The zero-order valence-corrected chi connectivity index (χ0v) is 34.1. The number of nitrogens with one attached hydrogen (secondary N) is 1. The first-order valence-electron chi connectivity index (χ1n) is 19.0. The normalized spacial score (nSPS) is 20.1. The van der Waals surface area contributed by atoms with E-state index >= 15 is 0 Å². The van der Waals surface area contributed by atoms with E-state index in [0.717, 1.165) is 51.2 Å². The number of ether oxygens (including phenoxy) is 3. The van der Waals surface area contributed by atoms with Gasteiger partial charge in [0.2, 0.25) is 0 Å². The second kappa shape index (κ2) is 16.6. The molecule has 294 valence electrons. The van der Waals surface area contributed by atoms with Gasteiger partial charge in [0.1, 0.15) is 6.04 Å². The number of amides is 3. The molecular formula is C41H54N7O6S+. The lowest BCUT2D eigenvalue weighted by Gasteiger charge is -2.32. The highest BCUT2D eigenvalue weighted by atomic mass is 32.1. The zero-order chi connectivity index (χ0) is 39.6. The minimum absolute atomic E-state index is 0.149. The number of hydrazone groups is 1. The van der Waals surface area contributed by atoms with Crippen molar-refractivity contribution in [2.45, 2.75) is 91.1 Å². The van der Waals surface area contributed by atoms with Gasteiger partial charge in [-0.1, -0.05) is 19.9 Å². The molecule has 1 saturated heterocycles. The molecule has 6 bridgehead atoms. The third-order valence-corrected chi connectivity index (χ3v) is 11.7. The topological polar surface area (TPSA) is 131 Å². The van der Waals surface area contributed by atoms with Gasteiger partial charge in [0.15, 0.2) is 6.72 Å². The van der Waals surface area contributed by atoms with Crippen LogP contribution in [0.2, 0.25) is 0 Å². The lowest BCUT2D eigenvalue weighted by atomic mass is 9.84. The van der Waals surface area contributed by atoms with Crippen molar-refractivity contribution in [1.82, 2.24) is 29.8 Å². The minimum Gasteiger partial charge on any atom is -0.460 e. The first-order valence-corrected chi connectivity index (χ1v) is 19.8. The lowest BCUT2D eigenvalue weighted by molar-refractivity contribution is -0.693. The Morgan fingerprint density at radius 1 is 1.24 bits per heavy atom. The smallest absolute Gasteiger partial charge is 0.378 e. The van der Waals surface area contributed by atoms with Gasteiger partial charge in [-0.05, 0) is 63.4 Å². The Morgan fingerprint density at radius 2 is 2.02 bits per heavy atom. The van der Waals surface area contributed by atoms with Crippen molar-refractivity contribution in [3.05, 3.63) is 58.2 Å². The number of carbonyl (C=O) groups excluding carboxylic acids is 3. The Kier molecular flexibility index (Phi) is 12.1. The van der Waals surface area contributed by atoms with Crippen LogP contribution in [0.15, 0.2) is 41.9 Å². The highest BCUT2D eigenvalue weighted by Gasteiger charge is 2.44. The predicted octanol–water partition coefficient (Wildman–Crippen LogP) is 5.89. The zero-order valence-electron chi connectivity index (χ0n) is 33.3. The van der Waals surface area contributed by atoms with Crippen molar-refractivity contribution in [2.75, 3.05) is 41.0 Å². The molecule has 0 spiro atoms.